The van der Waals surface area contributed by atoms with Crippen molar-refractivity contribution < 1.29 is 0 Å². The third-order valence-electron chi connectivity index (χ3n) is 1.53. The number of unbranched alkanes of at least 4 members (excludes halogenated alkanes) is 1. The van der Waals surface area contributed by atoms with Crippen LogP contribution in [0.25, 0.3) is 0 Å². The van der Waals surface area contributed by atoms with E-state index in [0.29, 0.717) is 0 Å². The molecule has 0 amide bonds. The van der Waals surface area contributed by atoms with Crippen molar-refractivity contribution in [2.75, 3.05) is 17.8 Å². The first-order chi connectivity index (χ1) is 4.12. The second kappa shape index (κ2) is 4.83. The highest BCUT2D eigenvalue weighted by atomic mass is 127. The molecule has 9 heavy (non-hydrogen) atoms. The van der Waals surface area contributed by atoms with Crippen molar-refractivity contribution >= 4 is 28.4 Å². The van der Waals surface area contributed by atoms with Crippen LogP contribution in [0.1, 0.15) is 26.7 Å². The lowest BCUT2D eigenvalue weighted by molar-refractivity contribution is 0.894. The summed E-state index contributed by atoms with van der Waals surface area (Å²) in [6.07, 6.45) is 5.19. The summed E-state index contributed by atoms with van der Waals surface area (Å²) in [6, 6.07) is 0. The summed E-state index contributed by atoms with van der Waals surface area (Å²) in [5.41, 5.74) is 0. The third kappa shape index (κ3) is 5.52. The van der Waals surface area contributed by atoms with Gasteiger partial charge in [0.25, 0.3) is 0 Å². The predicted molar refractivity (Wildman–Crippen MR) is 57.9 cm³/mol. The van der Waals surface area contributed by atoms with Crippen molar-refractivity contribution in [3.05, 3.63) is 0 Å². The maximum absolute atomic E-state index is 2.65. The average Bonchev–Trinajstić information content (AvgIpc) is 1.84. The normalized spacial score (nSPS) is 20.9. The zero-order valence-corrected chi connectivity index (χ0v) is 9.59. The average molecular weight is 260 g/mol. The smallest absolute Gasteiger partial charge is 0.0146 e. The van der Waals surface area contributed by atoms with Crippen molar-refractivity contribution in [2.24, 2.45) is 0 Å². The quantitative estimate of drug-likeness (QED) is 0.677. The Hall–Kier alpha value is 1.08. The second-order valence-electron chi connectivity index (χ2n) is 2.50. The lowest BCUT2D eigenvalue weighted by atomic mass is 10.4. The van der Waals surface area contributed by atoms with Crippen molar-refractivity contribution in [1.82, 2.24) is 0 Å². The Morgan fingerprint density at radius 2 is 1.89 bits per heavy atom. The molecule has 0 aromatic carbocycles. The van der Waals surface area contributed by atoms with Crippen LogP contribution in [0.15, 0.2) is 0 Å². The maximum atomic E-state index is 2.65. The third-order valence-corrected chi connectivity index (χ3v) is 7.06. The molecular formula is C7H17IS. The molecule has 0 saturated heterocycles. The molecule has 0 fully saturated rings. The second-order valence-corrected chi connectivity index (χ2v) is 12.2. The zero-order chi connectivity index (χ0) is 7.33. The Labute approximate surface area is 72.7 Å². The van der Waals surface area contributed by atoms with Gasteiger partial charge in [-0.05, 0) is 45.4 Å². The molecule has 0 N–H and O–H groups in total. The summed E-state index contributed by atoms with van der Waals surface area (Å²) in [5.74, 6) is 2.84. The monoisotopic (exact) mass is 260 g/mol. The van der Waals surface area contributed by atoms with Gasteiger partial charge in [0.15, 0.2) is 0 Å². The molecule has 0 aromatic heterocycles. The van der Waals surface area contributed by atoms with Crippen LogP contribution in [0.2, 0.25) is 0 Å². The van der Waals surface area contributed by atoms with Crippen molar-refractivity contribution in [2.45, 2.75) is 26.7 Å². The van der Waals surface area contributed by atoms with E-state index in [9.17, 15) is 0 Å². The fourth-order valence-electron chi connectivity index (χ4n) is 0.590. The largest absolute Gasteiger partial charge is 0.190 e. The molecule has 0 bridgehead atoms. The van der Waals surface area contributed by atoms with Gasteiger partial charge in [0.05, 0.1) is 0 Å². The molecule has 0 aliphatic heterocycles. The van der Waals surface area contributed by atoms with E-state index in [0.717, 1.165) is 0 Å². The summed E-state index contributed by atoms with van der Waals surface area (Å²) in [4.78, 5) is 0. The molecule has 0 spiro atoms. The summed E-state index contributed by atoms with van der Waals surface area (Å²) < 4.78 is 0. The number of hydrogen-bond acceptors (Lipinski definition) is 0. The maximum Gasteiger partial charge on any atom is -0.0146 e. The van der Waals surface area contributed by atoms with E-state index in [2.05, 4.69) is 41.3 Å². The first-order valence-electron chi connectivity index (χ1n) is 3.55. The molecule has 0 nitrogen and oxygen atoms in total. The van der Waals surface area contributed by atoms with Gasteiger partial charge in [0.2, 0.25) is 0 Å². The molecule has 0 aliphatic carbocycles. The van der Waals surface area contributed by atoms with E-state index in [1.165, 1.54) is 24.3 Å². The Balaban J connectivity index is 3.33. The van der Waals surface area contributed by atoms with Gasteiger partial charge >= 0.3 is 0 Å². The standard InChI is InChI=1S/C7H17IS/c1-4-6-7-9(3,8)5-2/h4-7H2,1-3H3. The van der Waals surface area contributed by atoms with Crippen LogP contribution < -0.4 is 0 Å². The Bertz CT molecular complexity index is 71.3. The predicted octanol–water partition coefficient (Wildman–Crippen LogP) is 3.59. The van der Waals surface area contributed by atoms with Gasteiger partial charge < -0.3 is 0 Å². The lowest BCUT2D eigenvalue weighted by Gasteiger charge is -2.26. The van der Waals surface area contributed by atoms with Crippen LogP contribution in [0.4, 0.5) is 0 Å². The molecule has 0 radical (unpaired) electrons. The molecule has 58 valence electrons. The highest BCUT2D eigenvalue weighted by Gasteiger charge is 2.08. The molecule has 1 atom stereocenters. The van der Waals surface area contributed by atoms with Crippen molar-refractivity contribution in [1.29, 1.82) is 0 Å². The number of rotatable bonds is 4. The van der Waals surface area contributed by atoms with E-state index in [-0.39, 0.29) is 7.20 Å². The van der Waals surface area contributed by atoms with Crippen LogP contribution in [0.5, 0.6) is 0 Å². The molecule has 0 rings (SSSR count). The molecule has 0 saturated carbocycles. The van der Waals surface area contributed by atoms with Crippen molar-refractivity contribution in [3.63, 3.8) is 0 Å². The Morgan fingerprint density at radius 1 is 1.33 bits per heavy atom. The summed E-state index contributed by atoms with van der Waals surface area (Å²) in [6.45, 7) is 4.57. The zero-order valence-electron chi connectivity index (χ0n) is 6.61. The van der Waals surface area contributed by atoms with E-state index >= 15 is 0 Å². The summed E-state index contributed by atoms with van der Waals surface area (Å²) >= 11 is 2.65. The highest BCUT2D eigenvalue weighted by molar-refractivity contribution is 14.2. The summed E-state index contributed by atoms with van der Waals surface area (Å²) in [5, 5.41) is 0. The van der Waals surface area contributed by atoms with Crippen LogP contribution in [0.3, 0.4) is 0 Å². The van der Waals surface area contributed by atoms with E-state index in [1.807, 2.05) is 0 Å². The van der Waals surface area contributed by atoms with E-state index in [1.54, 1.807) is 0 Å². The summed E-state index contributed by atoms with van der Waals surface area (Å²) in [7, 11) is -0.212. The minimum absolute atomic E-state index is 0.212. The number of halogens is 1. The SMILES string of the molecule is CCCCS(C)(I)CC. The minimum atomic E-state index is -0.212. The molecule has 0 aliphatic rings. The van der Waals surface area contributed by atoms with Crippen LogP contribution in [-0.2, 0) is 0 Å². The van der Waals surface area contributed by atoms with E-state index < -0.39 is 0 Å². The van der Waals surface area contributed by atoms with Gasteiger partial charge in [-0.1, -0.05) is 20.3 Å². The first-order valence-corrected chi connectivity index (χ1v) is 8.48. The van der Waals surface area contributed by atoms with Crippen LogP contribution in [0, 0.1) is 0 Å². The molecule has 1 unspecified atom stereocenters. The van der Waals surface area contributed by atoms with Gasteiger partial charge in [0, 0.05) is 0 Å². The van der Waals surface area contributed by atoms with Crippen LogP contribution in [-0.4, -0.2) is 17.8 Å². The first kappa shape index (κ1) is 10.1. The van der Waals surface area contributed by atoms with Crippen molar-refractivity contribution in [3.8, 4) is 0 Å². The topological polar surface area (TPSA) is 0 Å². The van der Waals surface area contributed by atoms with Gasteiger partial charge in [-0.2, -0.15) is 7.20 Å². The Morgan fingerprint density at radius 3 is 2.22 bits per heavy atom. The highest BCUT2D eigenvalue weighted by Crippen LogP contribution is 2.52. The number of hydrogen-bond donors (Lipinski definition) is 0. The van der Waals surface area contributed by atoms with Gasteiger partial charge in [-0.15, -0.1) is 0 Å². The molecule has 2 heteroatoms. The van der Waals surface area contributed by atoms with Gasteiger partial charge in [0.1, 0.15) is 0 Å². The lowest BCUT2D eigenvalue weighted by Crippen LogP contribution is -1.96. The van der Waals surface area contributed by atoms with Gasteiger partial charge in [-0.3, -0.25) is 0 Å². The molecular weight excluding hydrogens is 243 g/mol. The molecule has 0 heterocycles. The minimum Gasteiger partial charge on any atom is -0.190 e. The Kier molecular flexibility index (Phi) is 5.41. The van der Waals surface area contributed by atoms with E-state index in [4.69, 9.17) is 0 Å². The van der Waals surface area contributed by atoms with Crippen LogP contribution >= 0.6 is 28.4 Å². The fraction of sp³-hybridized carbons (Fsp3) is 1.00. The van der Waals surface area contributed by atoms with Gasteiger partial charge in [-0.25, -0.2) is 0 Å². The fourth-order valence-corrected chi connectivity index (χ4v) is 2.70. The molecule has 0 aromatic rings.